The predicted octanol–water partition coefficient (Wildman–Crippen LogP) is 2.44. The fourth-order valence-electron chi connectivity index (χ4n) is 1.10. The molecule has 12 heavy (non-hydrogen) atoms. The second kappa shape index (κ2) is 4.43. The number of hydrogen-bond acceptors (Lipinski definition) is 2. The molecule has 0 radical (unpaired) electrons. The molecule has 3 heteroatoms. The number of halogens is 1. The molecule has 0 saturated carbocycles. The maximum Gasteiger partial charge on any atom is 0.129 e. The number of pyridine rings is 1. The Morgan fingerprint density at radius 1 is 1.50 bits per heavy atom. The molecule has 0 N–H and O–H groups in total. The van der Waals surface area contributed by atoms with E-state index in [-0.39, 0.29) is 0 Å². The SMILES string of the molecule is CCc1nc(Cl)ccc1COC. The standard InChI is InChI=1S/C9H12ClNO/c1-3-8-7(6-12-2)4-5-9(10)11-8/h4-5H,3,6H2,1-2H3. The summed E-state index contributed by atoms with van der Waals surface area (Å²) in [6.45, 7) is 2.66. The van der Waals surface area contributed by atoms with Crippen LogP contribution in [-0.2, 0) is 17.8 Å². The third kappa shape index (κ3) is 2.19. The highest BCUT2D eigenvalue weighted by molar-refractivity contribution is 6.29. The molecule has 0 aliphatic carbocycles. The van der Waals surface area contributed by atoms with E-state index in [0.717, 1.165) is 17.7 Å². The van der Waals surface area contributed by atoms with E-state index < -0.39 is 0 Å². The number of hydrogen-bond donors (Lipinski definition) is 0. The summed E-state index contributed by atoms with van der Waals surface area (Å²) in [5, 5.41) is 0.548. The van der Waals surface area contributed by atoms with E-state index >= 15 is 0 Å². The summed E-state index contributed by atoms with van der Waals surface area (Å²) in [7, 11) is 1.67. The van der Waals surface area contributed by atoms with Gasteiger partial charge in [-0.15, -0.1) is 0 Å². The normalized spacial score (nSPS) is 10.2. The smallest absolute Gasteiger partial charge is 0.129 e. The van der Waals surface area contributed by atoms with E-state index in [1.54, 1.807) is 13.2 Å². The molecule has 0 amide bonds. The summed E-state index contributed by atoms with van der Waals surface area (Å²) in [5.41, 5.74) is 2.13. The minimum absolute atomic E-state index is 0.548. The zero-order valence-electron chi connectivity index (χ0n) is 7.30. The second-order valence-electron chi connectivity index (χ2n) is 2.53. The number of aryl methyl sites for hydroxylation is 1. The van der Waals surface area contributed by atoms with Gasteiger partial charge < -0.3 is 4.74 Å². The highest BCUT2D eigenvalue weighted by Gasteiger charge is 2.01. The van der Waals surface area contributed by atoms with Gasteiger partial charge in [-0.3, -0.25) is 0 Å². The van der Waals surface area contributed by atoms with Crippen molar-refractivity contribution in [1.82, 2.24) is 4.98 Å². The molecule has 0 unspecified atom stereocenters. The Hall–Kier alpha value is -0.600. The molecule has 0 bridgehead atoms. The average molecular weight is 186 g/mol. The van der Waals surface area contributed by atoms with Crippen LogP contribution < -0.4 is 0 Å². The molecule has 0 saturated heterocycles. The van der Waals surface area contributed by atoms with Crippen molar-refractivity contribution >= 4 is 11.6 Å². The molecule has 0 fully saturated rings. The molecule has 2 nitrogen and oxygen atoms in total. The number of methoxy groups -OCH3 is 1. The first-order chi connectivity index (χ1) is 5.77. The third-order valence-electron chi connectivity index (χ3n) is 1.67. The molecule has 0 aromatic carbocycles. The molecule has 0 aliphatic rings. The van der Waals surface area contributed by atoms with Gasteiger partial charge in [-0.25, -0.2) is 4.98 Å². The molecule has 1 heterocycles. The third-order valence-corrected chi connectivity index (χ3v) is 1.88. The second-order valence-corrected chi connectivity index (χ2v) is 2.91. The number of rotatable bonds is 3. The van der Waals surface area contributed by atoms with Crippen LogP contribution >= 0.6 is 11.6 Å². The van der Waals surface area contributed by atoms with Crippen molar-refractivity contribution in [2.75, 3.05) is 7.11 Å². The van der Waals surface area contributed by atoms with Gasteiger partial charge in [0.25, 0.3) is 0 Å². The first-order valence-corrected chi connectivity index (χ1v) is 4.29. The monoisotopic (exact) mass is 185 g/mol. The van der Waals surface area contributed by atoms with Gasteiger partial charge in [-0.2, -0.15) is 0 Å². The number of aromatic nitrogens is 1. The van der Waals surface area contributed by atoms with Gasteiger partial charge in [-0.05, 0) is 18.1 Å². The van der Waals surface area contributed by atoms with E-state index in [2.05, 4.69) is 11.9 Å². The molecule has 0 aliphatic heterocycles. The molecule has 1 aromatic heterocycles. The van der Waals surface area contributed by atoms with Gasteiger partial charge in [0.2, 0.25) is 0 Å². The predicted molar refractivity (Wildman–Crippen MR) is 49.3 cm³/mol. The molecule has 0 atom stereocenters. The minimum atomic E-state index is 0.548. The Balaban J connectivity index is 2.94. The van der Waals surface area contributed by atoms with Gasteiger partial charge in [-0.1, -0.05) is 24.6 Å². The number of nitrogens with zero attached hydrogens (tertiary/aromatic N) is 1. The lowest BCUT2D eigenvalue weighted by atomic mass is 10.2. The summed E-state index contributed by atoms with van der Waals surface area (Å²) in [6, 6.07) is 3.74. The van der Waals surface area contributed by atoms with Crippen molar-refractivity contribution < 1.29 is 4.74 Å². The lowest BCUT2D eigenvalue weighted by Crippen LogP contribution is -1.97. The molecular formula is C9H12ClNO. The van der Waals surface area contributed by atoms with Gasteiger partial charge in [0.15, 0.2) is 0 Å². The van der Waals surface area contributed by atoms with Crippen LogP contribution in [0.25, 0.3) is 0 Å². The Kier molecular flexibility index (Phi) is 3.50. The lowest BCUT2D eigenvalue weighted by molar-refractivity contribution is 0.184. The van der Waals surface area contributed by atoms with E-state index in [9.17, 15) is 0 Å². The van der Waals surface area contributed by atoms with Crippen molar-refractivity contribution in [2.45, 2.75) is 20.0 Å². The minimum Gasteiger partial charge on any atom is -0.380 e. The van der Waals surface area contributed by atoms with Crippen LogP contribution in [0.15, 0.2) is 12.1 Å². The topological polar surface area (TPSA) is 22.1 Å². The Bertz CT molecular complexity index is 263. The summed E-state index contributed by atoms with van der Waals surface area (Å²) >= 11 is 5.74. The molecule has 1 aromatic rings. The van der Waals surface area contributed by atoms with Crippen LogP contribution in [0.2, 0.25) is 5.15 Å². The van der Waals surface area contributed by atoms with E-state index in [1.165, 1.54) is 0 Å². The highest BCUT2D eigenvalue weighted by atomic mass is 35.5. The Morgan fingerprint density at radius 2 is 2.25 bits per heavy atom. The van der Waals surface area contributed by atoms with Crippen molar-refractivity contribution in [1.29, 1.82) is 0 Å². The van der Waals surface area contributed by atoms with Crippen LogP contribution in [0.5, 0.6) is 0 Å². The van der Waals surface area contributed by atoms with E-state index in [0.29, 0.717) is 11.8 Å². The van der Waals surface area contributed by atoms with Crippen LogP contribution in [0.4, 0.5) is 0 Å². The first-order valence-electron chi connectivity index (χ1n) is 3.91. The molecule has 1 rings (SSSR count). The maximum absolute atomic E-state index is 5.74. The Labute approximate surface area is 77.5 Å². The van der Waals surface area contributed by atoms with E-state index in [1.807, 2.05) is 6.07 Å². The van der Waals surface area contributed by atoms with E-state index in [4.69, 9.17) is 16.3 Å². The lowest BCUT2D eigenvalue weighted by Gasteiger charge is -2.05. The van der Waals surface area contributed by atoms with Gasteiger partial charge >= 0.3 is 0 Å². The largest absolute Gasteiger partial charge is 0.380 e. The summed E-state index contributed by atoms with van der Waals surface area (Å²) < 4.78 is 5.03. The quantitative estimate of drug-likeness (QED) is 0.675. The van der Waals surface area contributed by atoms with Crippen LogP contribution in [0.3, 0.4) is 0 Å². The fraction of sp³-hybridized carbons (Fsp3) is 0.444. The molecule has 0 spiro atoms. The summed E-state index contributed by atoms with van der Waals surface area (Å²) in [4.78, 5) is 4.20. The number of ether oxygens (including phenoxy) is 1. The van der Waals surface area contributed by atoms with Crippen molar-refractivity contribution in [3.63, 3.8) is 0 Å². The van der Waals surface area contributed by atoms with Gasteiger partial charge in [0, 0.05) is 12.8 Å². The summed E-state index contributed by atoms with van der Waals surface area (Å²) in [6.07, 6.45) is 0.888. The molecular weight excluding hydrogens is 174 g/mol. The maximum atomic E-state index is 5.74. The van der Waals surface area contributed by atoms with Crippen LogP contribution in [0, 0.1) is 0 Å². The average Bonchev–Trinajstić information content (AvgIpc) is 2.08. The Morgan fingerprint density at radius 3 is 2.83 bits per heavy atom. The van der Waals surface area contributed by atoms with Gasteiger partial charge in [0.1, 0.15) is 5.15 Å². The van der Waals surface area contributed by atoms with Crippen LogP contribution in [-0.4, -0.2) is 12.1 Å². The van der Waals surface area contributed by atoms with Gasteiger partial charge in [0.05, 0.1) is 6.61 Å². The fourth-order valence-corrected chi connectivity index (χ4v) is 1.26. The zero-order chi connectivity index (χ0) is 8.97. The van der Waals surface area contributed by atoms with Crippen molar-refractivity contribution in [3.8, 4) is 0 Å². The zero-order valence-corrected chi connectivity index (χ0v) is 8.06. The first kappa shape index (κ1) is 9.49. The van der Waals surface area contributed by atoms with Crippen LogP contribution in [0.1, 0.15) is 18.2 Å². The summed E-state index contributed by atoms with van der Waals surface area (Å²) in [5.74, 6) is 0. The van der Waals surface area contributed by atoms with Crippen molar-refractivity contribution in [2.24, 2.45) is 0 Å². The highest BCUT2D eigenvalue weighted by Crippen LogP contribution is 2.12. The van der Waals surface area contributed by atoms with Crippen molar-refractivity contribution in [3.05, 3.63) is 28.5 Å². The molecule has 66 valence electrons.